The van der Waals surface area contributed by atoms with E-state index in [-0.39, 0.29) is 35.2 Å². The smallest absolute Gasteiger partial charge is 0.191 e. The molecule has 2 fully saturated rings. The SMILES string of the molecule is CCNC(=NCC1(c2cccc(F)c2)CC1)NCCC1CCN(CC)CC1.I. The number of likely N-dealkylation sites (tertiary alicyclic amines) is 1. The van der Waals surface area contributed by atoms with Gasteiger partial charge in [0.2, 0.25) is 0 Å². The Hall–Kier alpha value is -0.890. The lowest BCUT2D eigenvalue weighted by molar-refractivity contribution is 0.187. The van der Waals surface area contributed by atoms with Crippen LogP contribution in [0, 0.1) is 11.7 Å². The standard InChI is InChI=1S/C22H35FN4.HI/c1-3-24-21(25-13-8-18-9-14-27(4-2)15-10-18)26-17-22(11-12-22)19-6-5-7-20(23)16-19;/h5-7,16,18H,3-4,8-15,17H2,1-2H3,(H2,24,25,26);1H. The van der Waals surface area contributed by atoms with Gasteiger partial charge < -0.3 is 15.5 Å². The molecule has 1 saturated heterocycles. The van der Waals surface area contributed by atoms with Gasteiger partial charge in [-0.05, 0) is 82.3 Å². The molecular weight excluding hydrogens is 466 g/mol. The molecule has 0 spiro atoms. The van der Waals surface area contributed by atoms with Gasteiger partial charge in [0.1, 0.15) is 5.82 Å². The molecule has 0 radical (unpaired) electrons. The lowest BCUT2D eigenvalue weighted by atomic mass is 9.93. The van der Waals surface area contributed by atoms with Crippen molar-refractivity contribution in [3.63, 3.8) is 0 Å². The van der Waals surface area contributed by atoms with Crippen LogP contribution in [0.2, 0.25) is 0 Å². The lowest BCUT2D eigenvalue weighted by Crippen LogP contribution is -2.40. The Labute approximate surface area is 186 Å². The van der Waals surface area contributed by atoms with Crippen LogP contribution in [0.15, 0.2) is 29.3 Å². The zero-order valence-corrected chi connectivity index (χ0v) is 19.7. The monoisotopic (exact) mass is 502 g/mol. The van der Waals surface area contributed by atoms with Gasteiger partial charge in [0, 0.05) is 18.5 Å². The summed E-state index contributed by atoms with van der Waals surface area (Å²) in [5.74, 6) is 1.57. The summed E-state index contributed by atoms with van der Waals surface area (Å²) in [4.78, 5) is 7.36. The highest BCUT2D eigenvalue weighted by Gasteiger charge is 2.44. The Bertz CT molecular complexity index is 625. The molecular formula is C22H36FIN4. The first-order chi connectivity index (χ1) is 13.1. The minimum Gasteiger partial charge on any atom is -0.357 e. The highest BCUT2D eigenvalue weighted by atomic mass is 127. The van der Waals surface area contributed by atoms with Gasteiger partial charge in [-0.2, -0.15) is 0 Å². The van der Waals surface area contributed by atoms with Gasteiger partial charge in [0.25, 0.3) is 0 Å². The Morgan fingerprint density at radius 3 is 2.57 bits per heavy atom. The predicted octanol–water partition coefficient (Wildman–Crippen LogP) is 4.15. The molecule has 0 aromatic heterocycles. The van der Waals surface area contributed by atoms with E-state index in [1.165, 1.54) is 45.0 Å². The van der Waals surface area contributed by atoms with Crippen LogP contribution in [0.1, 0.15) is 51.5 Å². The van der Waals surface area contributed by atoms with Gasteiger partial charge in [-0.15, -0.1) is 24.0 Å². The largest absolute Gasteiger partial charge is 0.357 e. The average Bonchev–Trinajstić information content (AvgIpc) is 3.48. The Morgan fingerprint density at radius 2 is 1.96 bits per heavy atom. The zero-order valence-electron chi connectivity index (χ0n) is 17.3. The first-order valence-corrected chi connectivity index (χ1v) is 10.7. The van der Waals surface area contributed by atoms with E-state index < -0.39 is 0 Å². The zero-order chi connectivity index (χ0) is 19.1. The summed E-state index contributed by atoms with van der Waals surface area (Å²) in [6, 6.07) is 7.03. The maximum Gasteiger partial charge on any atom is 0.191 e. The van der Waals surface area contributed by atoms with Gasteiger partial charge in [-0.25, -0.2) is 4.39 Å². The molecule has 158 valence electrons. The van der Waals surface area contributed by atoms with Crippen molar-refractivity contribution in [2.24, 2.45) is 10.9 Å². The molecule has 1 aromatic carbocycles. The fourth-order valence-electron chi connectivity index (χ4n) is 4.07. The van der Waals surface area contributed by atoms with Crippen molar-refractivity contribution in [1.82, 2.24) is 15.5 Å². The van der Waals surface area contributed by atoms with Crippen molar-refractivity contribution in [3.05, 3.63) is 35.6 Å². The summed E-state index contributed by atoms with van der Waals surface area (Å²) in [5.41, 5.74) is 1.13. The minimum absolute atomic E-state index is 0. The van der Waals surface area contributed by atoms with E-state index in [1.807, 2.05) is 12.1 Å². The van der Waals surface area contributed by atoms with Crippen molar-refractivity contribution < 1.29 is 4.39 Å². The van der Waals surface area contributed by atoms with E-state index >= 15 is 0 Å². The summed E-state index contributed by atoms with van der Waals surface area (Å²) < 4.78 is 13.6. The van der Waals surface area contributed by atoms with Crippen molar-refractivity contribution in [3.8, 4) is 0 Å². The van der Waals surface area contributed by atoms with Crippen molar-refractivity contribution in [2.75, 3.05) is 39.3 Å². The number of nitrogens with one attached hydrogen (secondary N) is 2. The Kier molecular flexibility index (Phi) is 9.47. The summed E-state index contributed by atoms with van der Waals surface area (Å²) in [6.07, 6.45) is 6.01. The van der Waals surface area contributed by atoms with Crippen molar-refractivity contribution in [2.45, 2.75) is 51.4 Å². The van der Waals surface area contributed by atoms with E-state index in [2.05, 4.69) is 29.4 Å². The minimum atomic E-state index is -0.151. The van der Waals surface area contributed by atoms with Crippen molar-refractivity contribution >= 4 is 29.9 Å². The molecule has 0 bridgehead atoms. The van der Waals surface area contributed by atoms with Crippen LogP contribution in [-0.4, -0.2) is 50.1 Å². The van der Waals surface area contributed by atoms with E-state index in [0.717, 1.165) is 49.9 Å². The molecule has 1 aromatic rings. The van der Waals surface area contributed by atoms with E-state index in [0.29, 0.717) is 0 Å². The van der Waals surface area contributed by atoms with Gasteiger partial charge >= 0.3 is 0 Å². The molecule has 1 saturated carbocycles. The summed E-state index contributed by atoms with van der Waals surface area (Å²) in [6.45, 7) is 10.5. The summed E-state index contributed by atoms with van der Waals surface area (Å²) in [7, 11) is 0. The third-order valence-corrected chi connectivity index (χ3v) is 6.17. The quantitative estimate of drug-likeness (QED) is 0.319. The van der Waals surface area contributed by atoms with Crippen LogP contribution < -0.4 is 10.6 Å². The van der Waals surface area contributed by atoms with Gasteiger partial charge in [0.05, 0.1) is 6.54 Å². The first-order valence-electron chi connectivity index (χ1n) is 10.7. The number of nitrogens with zero attached hydrogens (tertiary/aromatic N) is 2. The second-order valence-corrected chi connectivity index (χ2v) is 8.08. The number of guanidine groups is 1. The molecule has 1 heterocycles. The van der Waals surface area contributed by atoms with Gasteiger partial charge in [-0.3, -0.25) is 4.99 Å². The molecule has 4 nitrogen and oxygen atoms in total. The maximum absolute atomic E-state index is 13.6. The van der Waals surface area contributed by atoms with Crippen LogP contribution in [0.5, 0.6) is 0 Å². The molecule has 6 heteroatoms. The second kappa shape index (κ2) is 11.3. The third-order valence-electron chi connectivity index (χ3n) is 6.17. The molecule has 0 atom stereocenters. The van der Waals surface area contributed by atoms with Crippen LogP contribution in [-0.2, 0) is 5.41 Å². The number of aliphatic imine (C=N–C) groups is 1. The summed E-state index contributed by atoms with van der Waals surface area (Å²) >= 11 is 0. The van der Waals surface area contributed by atoms with Crippen LogP contribution >= 0.6 is 24.0 Å². The predicted molar refractivity (Wildman–Crippen MR) is 126 cm³/mol. The molecule has 0 amide bonds. The van der Waals surface area contributed by atoms with Gasteiger partial charge in [-0.1, -0.05) is 19.1 Å². The molecule has 2 N–H and O–H groups in total. The molecule has 0 unspecified atom stereocenters. The number of piperidine rings is 1. The van der Waals surface area contributed by atoms with Gasteiger partial charge in [0.15, 0.2) is 5.96 Å². The Balaban J connectivity index is 0.00000280. The normalized spacial score (nSPS) is 19.8. The third kappa shape index (κ3) is 6.58. The number of benzene rings is 1. The highest BCUT2D eigenvalue weighted by molar-refractivity contribution is 14.0. The van der Waals surface area contributed by atoms with Crippen molar-refractivity contribution in [1.29, 1.82) is 0 Å². The summed E-state index contributed by atoms with van der Waals surface area (Å²) in [5, 5.41) is 6.86. The Morgan fingerprint density at radius 1 is 1.21 bits per heavy atom. The number of hydrogen-bond donors (Lipinski definition) is 2. The topological polar surface area (TPSA) is 39.7 Å². The average molecular weight is 502 g/mol. The van der Waals surface area contributed by atoms with Crippen LogP contribution in [0.25, 0.3) is 0 Å². The maximum atomic E-state index is 13.6. The van der Waals surface area contributed by atoms with Crippen LogP contribution in [0.3, 0.4) is 0 Å². The molecule has 2 aliphatic rings. The number of halogens is 2. The molecule has 28 heavy (non-hydrogen) atoms. The second-order valence-electron chi connectivity index (χ2n) is 8.08. The molecule has 1 aliphatic carbocycles. The highest BCUT2D eigenvalue weighted by Crippen LogP contribution is 2.48. The van der Waals surface area contributed by atoms with Crippen LogP contribution in [0.4, 0.5) is 4.39 Å². The number of rotatable bonds is 8. The molecule has 3 rings (SSSR count). The van der Waals surface area contributed by atoms with E-state index in [4.69, 9.17) is 4.99 Å². The van der Waals surface area contributed by atoms with E-state index in [9.17, 15) is 4.39 Å². The first kappa shape index (κ1) is 23.4. The fourth-order valence-corrected chi connectivity index (χ4v) is 4.07. The van der Waals surface area contributed by atoms with E-state index in [1.54, 1.807) is 6.07 Å². The molecule has 1 aliphatic heterocycles. The lowest BCUT2D eigenvalue weighted by Gasteiger charge is -2.31. The fraction of sp³-hybridized carbons (Fsp3) is 0.682. The number of hydrogen-bond acceptors (Lipinski definition) is 2.